The predicted octanol–water partition coefficient (Wildman–Crippen LogP) is 7.47. The van der Waals surface area contributed by atoms with E-state index in [0.29, 0.717) is 0 Å². The van der Waals surface area contributed by atoms with Crippen LogP contribution in [0.2, 0.25) is 0 Å². The maximum Gasteiger partial charge on any atom is 6.00 e. The molecule has 1 heteroatoms. The minimum Gasteiger partial charge on any atom is -0.199 e. The maximum atomic E-state index is 3.72. The molecule has 0 radical (unpaired) electrons. The zero-order valence-corrected chi connectivity index (χ0v) is 18.1. The summed E-state index contributed by atoms with van der Waals surface area (Å²) in [6.07, 6.45) is 0. The summed E-state index contributed by atoms with van der Waals surface area (Å²) in [6, 6.07) is 39.5. The van der Waals surface area contributed by atoms with Crippen LogP contribution in [0.25, 0.3) is 0 Å². The van der Waals surface area contributed by atoms with E-state index >= 15 is 0 Å². The van der Waals surface area contributed by atoms with E-state index in [9.17, 15) is 0 Å². The molecule has 4 aromatic rings. The van der Waals surface area contributed by atoms with Gasteiger partial charge in [0.1, 0.15) is 0 Å². The van der Waals surface area contributed by atoms with Crippen LogP contribution >= 0.6 is 0 Å². The first-order chi connectivity index (χ1) is 13.6. The standard InChI is InChI=1S/4C7H7.Cr/c4*1-7-5-3-2-4-6-7;/h4*2-6H,1H2;/q4*-1;+6. The molecular formula is C28H28Cr+2. The topological polar surface area (TPSA) is 0 Å². The summed E-state index contributed by atoms with van der Waals surface area (Å²) >= 11 is 0. The molecule has 0 N–H and O–H groups in total. The van der Waals surface area contributed by atoms with Gasteiger partial charge >= 0.3 is 17.4 Å². The van der Waals surface area contributed by atoms with Crippen molar-refractivity contribution < 1.29 is 17.4 Å². The van der Waals surface area contributed by atoms with E-state index in [-0.39, 0.29) is 17.4 Å². The van der Waals surface area contributed by atoms with Crippen molar-refractivity contribution in [2.75, 3.05) is 0 Å². The molecule has 144 valence electrons. The van der Waals surface area contributed by atoms with E-state index in [0.717, 1.165) is 22.3 Å². The third-order valence-electron chi connectivity index (χ3n) is 3.37. The second-order valence-corrected chi connectivity index (χ2v) is 5.94. The van der Waals surface area contributed by atoms with E-state index in [4.69, 9.17) is 0 Å². The van der Waals surface area contributed by atoms with Gasteiger partial charge in [0.15, 0.2) is 0 Å². The van der Waals surface area contributed by atoms with E-state index in [2.05, 4.69) is 27.7 Å². The maximum absolute atomic E-state index is 3.72. The molecule has 0 aliphatic heterocycles. The Kier molecular flexibility index (Phi) is 15.2. The zero-order chi connectivity index (χ0) is 20.5. The van der Waals surface area contributed by atoms with Crippen molar-refractivity contribution in [2.45, 2.75) is 0 Å². The SMILES string of the molecule is [CH2-]c1ccccc1.[CH2-]c1ccccc1.[CH2-]c1ccccc1.[CH2-]c1ccccc1.[Cr+6]. The van der Waals surface area contributed by atoms with Gasteiger partial charge in [-0.3, -0.25) is 0 Å². The Labute approximate surface area is 188 Å². The van der Waals surface area contributed by atoms with Crippen molar-refractivity contribution in [3.63, 3.8) is 0 Å². The Morgan fingerprint density at radius 2 is 0.414 bits per heavy atom. The van der Waals surface area contributed by atoms with Crippen LogP contribution in [0.4, 0.5) is 0 Å². The molecule has 0 saturated carbocycles. The smallest absolute Gasteiger partial charge is 0.199 e. The molecule has 0 aliphatic rings. The monoisotopic (exact) mass is 416 g/mol. The van der Waals surface area contributed by atoms with Crippen LogP contribution in [0.5, 0.6) is 0 Å². The van der Waals surface area contributed by atoms with Gasteiger partial charge in [0.05, 0.1) is 0 Å². The number of hydrogen-bond acceptors (Lipinski definition) is 0. The van der Waals surface area contributed by atoms with Crippen molar-refractivity contribution >= 4 is 0 Å². The first kappa shape index (κ1) is 25.9. The fraction of sp³-hybridized carbons (Fsp3) is 0. The second-order valence-electron chi connectivity index (χ2n) is 5.94. The molecule has 4 rings (SSSR count). The molecule has 0 bridgehead atoms. The van der Waals surface area contributed by atoms with Gasteiger partial charge in [-0.25, -0.2) is 0 Å². The van der Waals surface area contributed by atoms with Gasteiger partial charge in [0, 0.05) is 0 Å². The first-order valence-electron chi connectivity index (χ1n) is 9.06. The largest absolute Gasteiger partial charge is 6.00 e. The molecule has 0 spiro atoms. The first-order valence-corrected chi connectivity index (χ1v) is 9.06. The third-order valence-corrected chi connectivity index (χ3v) is 3.37. The summed E-state index contributed by atoms with van der Waals surface area (Å²) in [4.78, 5) is 0. The average molecular weight is 417 g/mol. The second kappa shape index (κ2) is 17.0. The molecule has 0 unspecified atom stereocenters. The van der Waals surface area contributed by atoms with Crippen LogP contribution in [-0.2, 0) is 17.4 Å². The van der Waals surface area contributed by atoms with Crippen molar-refractivity contribution in [2.24, 2.45) is 0 Å². The summed E-state index contributed by atoms with van der Waals surface area (Å²) in [7, 11) is 0. The number of hydrogen-bond donors (Lipinski definition) is 0. The van der Waals surface area contributed by atoms with Crippen LogP contribution < -0.4 is 0 Å². The van der Waals surface area contributed by atoms with Crippen molar-refractivity contribution in [1.29, 1.82) is 0 Å². The van der Waals surface area contributed by atoms with Crippen molar-refractivity contribution in [1.82, 2.24) is 0 Å². The molecule has 0 aromatic heterocycles. The van der Waals surface area contributed by atoms with E-state index in [1.54, 1.807) is 0 Å². The van der Waals surface area contributed by atoms with E-state index in [1.165, 1.54) is 0 Å². The minimum atomic E-state index is 0. The van der Waals surface area contributed by atoms with E-state index < -0.39 is 0 Å². The molecule has 0 saturated heterocycles. The van der Waals surface area contributed by atoms with Gasteiger partial charge in [-0.05, 0) is 0 Å². The number of rotatable bonds is 0. The summed E-state index contributed by atoms with van der Waals surface area (Å²) in [5.74, 6) is 0. The molecule has 0 aliphatic carbocycles. The summed E-state index contributed by atoms with van der Waals surface area (Å²) in [5, 5.41) is 0. The van der Waals surface area contributed by atoms with Gasteiger partial charge in [-0.15, -0.1) is 48.5 Å². The fourth-order valence-corrected chi connectivity index (χ4v) is 1.91. The number of benzene rings is 4. The Morgan fingerprint density at radius 1 is 0.276 bits per heavy atom. The van der Waals surface area contributed by atoms with Crippen molar-refractivity contribution in [3.05, 3.63) is 171 Å². The van der Waals surface area contributed by atoms with Crippen LogP contribution in [-0.4, -0.2) is 0 Å². The molecule has 0 nitrogen and oxygen atoms in total. The molecule has 0 amide bonds. The fourth-order valence-electron chi connectivity index (χ4n) is 1.91. The van der Waals surface area contributed by atoms with Gasteiger partial charge < -0.3 is 0 Å². The predicted molar refractivity (Wildman–Crippen MR) is 124 cm³/mol. The summed E-state index contributed by atoms with van der Waals surface area (Å²) < 4.78 is 0. The molecule has 0 fully saturated rings. The van der Waals surface area contributed by atoms with Crippen LogP contribution in [0.1, 0.15) is 22.3 Å². The Bertz CT molecular complexity index is 676. The van der Waals surface area contributed by atoms with Crippen molar-refractivity contribution in [3.8, 4) is 0 Å². The van der Waals surface area contributed by atoms with Crippen LogP contribution in [0, 0.1) is 27.7 Å². The van der Waals surface area contributed by atoms with Gasteiger partial charge in [-0.1, -0.05) is 24.3 Å². The van der Waals surface area contributed by atoms with Crippen LogP contribution in [0.3, 0.4) is 0 Å². The Hall–Kier alpha value is -3.11. The quantitative estimate of drug-likeness (QED) is 0.261. The Balaban J connectivity index is 0.000000356. The summed E-state index contributed by atoms with van der Waals surface area (Å²) in [5.41, 5.74) is 4.29. The van der Waals surface area contributed by atoms with Crippen LogP contribution in [0.15, 0.2) is 121 Å². The molecule has 4 aromatic carbocycles. The van der Waals surface area contributed by atoms with Gasteiger partial charge in [0.2, 0.25) is 0 Å². The molecule has 0 atom stereocenters. The minimum absolute atomic E-state index is 0. The molecule has 0 heterocycles. The Morgan fingerprint density at radius 3 is 0.483 bits per heavy atom. The third kappa shape index (κ3) is 15.6. The molecular weight excluding hydrogens is 388 g/mol. The van der Waals surface area contributed by atoms with Gasteiger partial charge in [0.25, 0.3) is 0 Å². The van der Waals surface area contributed by atoms with E-state index in [1.807, 2.05) is 121 Å². The zero-order valence-electron chi connectivity index (χ0n) is 16.8. The molecule has 29 heavy (non-hydrogen) atoms. The summed E-state index contributed by atoms with van der Waals surface area (Å²) in [6.45, 7) is 14.9. The average Bonchev–Trinajstić information content (AvgIpc) is 2.72. The van der Waals surface area contributed by atoms with Gasteiger partial charge in [-0.2, -0.15) is 98.5 Å². The normalized spacial score (nSPS) is 8.28.